The lowest BCUT2D eigenvalue weighted by atomic mass is 9.44. The molecule has 4 aliphatic carbocycles. The number of fused-ring (bicyclic) bond motifs is 5. The summed E-state index contributed by atoms with van der Waals surface area (Å²) in [4.78, 5) is 25.9. The van der Waals surface area contributed by atoms with Gasteiger partial charge in [-0.1, -0.05) is 45.0 Å². The van der Waals surface area contributed by atoms with Crippen molar-refractivity contribution in [3.8, 4) is 0 Å². The number of hydrogen-bond donors (Lipinski definition) is 7. The third-order valence-electron chi connectivity index (χ3n) is 15.1. The second kappa shape index (κ2) is 17.9. The summed E-state index contributed by atoms with van der Waals surface area (Å²) in [5.74, 6) is 4.49. The number of amides is 2. The number of anilines is 2. The molecule has 0 aliphatic heterocycles. The number of carbonyl (C=O) groups excluding carboxylic acids is 2. The highest BCUT2D eigenvalue weighted by Gasteiger charge is 2.60. The fourth-order valence-electron chi connectivity index (χ4n) is 12.0. The second-order valence-corrected chi connectivity index (χ2v) is 18.0. The van der Waals surface area contributed by atoms with E-state index in [0.717, 1.165) is 61.1 Å². The molecule has 9 nitrogen and oxygen atoms in total. The summed E-state index contributed by atoms with van der Waals surface area (Å²) in [5, 5.41) is 42.2. The third-order valence-corrected chi connectivity index (χ3v) is 15.1. The van der Waals surface area contributed by atoms with E-state index in [-0.39, 0.29) is 24.0 Å². The number of likely N-dealkylation sites (N-methyl/N-ethyl adjacent to an activating group) is 1. The highest BCUT2D eigenvalue weighted by Crippen LogP contribution is 2.68. The van der Waals surface area contributed by atoms with Crippen molar-refractivity contribution in [1.29, 1.82) is 0 Å². The van der Waals surface area contributed by atoms with Gasteiger partial charge in [-0.3, -0.25) is 9.59 Å². The molecule has 54 heavy (non-hydrogen) atoms. The lowest BCUT2D eigenvalue weighted by Crippen LogP contribution is -2.54. The van der Waals surface area contributed by atoms with Crippen LogP contribution in [0, 0.1) is 46.3 Å². The number of aliphatic hydroxyl groups excluding tert-OH is 1. The standard InChI is InChI=1S/C44H67BN4O5/c1-29(36-19-20-37-35-18-13-31-27-34(50)22-24-43(31,2)38(35)23-25-44(36,37)3)12-21-41(51)47-26-8-7-11-40(46-4)42(52)49-33-16-14-32(15-17-33)48-28-30-9-5-6-10-39(30)45(53)54/h5-6,9-10,14-17,29,31,34-38,40,46,48,50,53-54H,7-8,11-13,18-28H2,1-4H3,(H,47,51)(H,49,52)/t29?,31-,34-,35?,36?,37?,38?,40?,43+,44-/m0/s1. The average molecular weight is 743 g/mol. The molecule has 0 radical (unpaired) electrons. The summed E-state index contributed by atoms with van der Waals surface area (Å²) in [6, 6.07) is 14.3. The van der Waals surface area contributed by atoms with Crippen LogP contribution in [0.25, 0.3) is 0 Å². The summed E-state index contributed by atoms with van der Waals surface area (Å²) in [7, 11) is 0.277. The van der Waals surface area contributed by atoms with Gasteiger partial charge in [-0.25, -0.2) is 0 Å². The first-order valence-corrected chi connectivity index (χ1v) is 21.1. The highest BCUT2D eigenvalue weighted by molar-refractivity contribution is 6.59. The first-order valence-electron chi connectivity index (χ1n) is 21.1. The Morgan fingerprint density at radius 1 is 0.870 bits per heavy atom. The van der Waals surface area contributed by atoms with E-state index in [1.54, 1.807) is 19.2 Å². The fourth-order valence-corrected chi connectivity index (χ4v) is 12.0. The van der Waals surface area contributed by atoms with E-state index in [1.807, 2.05) is 36.4 Å². The largest absolute Gasteiger partial charge is 0.488 e. The van der Waals surface area contributed by atoms with E-state index in [4.69, 9.17) is 0 Å². The minimum Gasteiger partial charge on any atom is -0.423 e. The Morgan fingerprint density at radius 3 is 2.35 bits per heavy atom. The topological polar surface area (TPSA) is 143 Å². The Hall–Kier alpha value is -2.92. The van der Waals surface area contributed by atoms with Gasteiger partial charge in [0, 0.05) is 30.9 Å². The zero-order valence-electron chi connectivity index (χ0n) is 33.3. The van der Waals surface area contributed by atoms with Crippen molar-refractivity contribution in [3.05, 3.63) is 54.1 Å². The van der Waals surface area contributed by atoms with Gasteiger partial charge in [-0.05, 0) is 172 Å². The van der Waals surface area contributed by atoms with Crippen molar-refractivity contribution < 1.29 is 24.7 Å². The summed E-state index contributed by atoms with van der Waals surface area (Å²) in [5.41, 5.74) is 3.64. The minimum absolute atomic E-state index is 0.0830. The Bertz CT molecular complexity index is 1560. The van der Waals surface area contributed by atoms with E-state index in [0.29, 0.717) is 65.7 Å². The van der Waals surface area contributed by atoms with Crippen LogP contribution in [0.15, 0.2) is 48.5 Å². The third kappa shape index (κ3) is 9.03. The van der Waals surface area contributed by atoms with Crippen LogP contribution in [-0.4, -0.2) is 59.8 Å². The smallest absolute Gasteiger partial charge is 0.423 e. The van der Waals surface area contributed by atoms with Crippen molar-refractivity contribution in [3.63, 3.8) is 0 Å². The Morgan fingerprint density at radius 2 is 1.59 bits per heavy atom. The normalized spacial score (nSPS) is 31.3. The number of benzene rings is 2. The number of carbonyl (C=O) groups is 2. The molecule has 2 amide bonds. The quantitative estimate of drug-likeness (QED) is 0.0799. The van der Waals surface area contributed by atoms with Gasteiger partial charge in [-0.2, -0.15) is 0 Å². The Kier molecular flexibility index (Phi) is 13.5. The predicted octanol–water partition coefficient (Wildman–Crippen LogP) is 6.23. The molecule has 2 aromatic rings. The minimum atomic E-state index is -1.52. The highest BCUT2D eigenvalue weighted by atomic mass is 16.4. The van der Waals surface area contributed by atoms with Crippen LogP contribution in [-0.2, 0) is 16.1 Å². The van der Waals surface area contributed by atoms with E-state index in [9.17, 15) is 24.7 Å². The lowest BCUT2D eigenvalue weighted by Gasteiger charge is -2.61. The monoisotopic (exact) mass is 743 g/mol. The van der Waals surface area contributed by atoms with Crippen molar-refractivity contribution in [2.45, 2.75) is 129 Å². The first kappa shape index (κ1) is 40.7. The molecule has 4 saturated carbocycles. The molecule has 0 bridgehead atoms. The molecule has 296 valence electrons. The Balaban J connectivity index is 0.872. The van der Waals surface area contributed by atoms with E-state index < -0.39 is 7.12 Å². The van der Waals surface area contributed by atoms with Crippen LogP contribution in [0.1, 0.15) is 116 Å². The van der Waals surface area contributed by atoms with Gasteiger partial charge in [0.1, 0.15) is 0 Å². The van der Waals surface area contributed by atoms with Crippen molar-refractivity contribution in [1.82, 2.24) is 10.6 Å². The number of aliphatic hydroxyl groups is 1. The van der Waals surface area contributed by atoms with Crippen LogP contribution in [0.4, 0.5) is 11.4 Å². The molecule has 10 heteroatoms. The maximum Gasteiger partial charge on any atom is 0.488 e. The SMILES string of the molecule is CNC(CCCCNC(=O)CCC(C)C1CCC2C3CC[C@H]4C[C@@H](O)CC[C@@]4(C)C3CC[C@@]12C)C(=O)Nc1ccc(NCc2ccccc2B(O)O)cc1. The van der Waals surface area contributed by atoms with Crippen molar-refractivity contribution in [2.75, 3.05) is 24.2 Å². The van der Waals surface area contributed by atoms with Crippen LogP contribution < -0.4 is 26.7 Å². The molecule has 4 fully saturated rings. The molecule has 6 rings (SSSR count). The number of nitrogens with one attached hydrogen (secondary N) is 4. The lowest BCUT2D eigenvalue weighted by molar-refractivity contribution is -0.129. The molecule has 0 aromatic heterocycles. The van der Waals surface area contributed by atoms with Crippen LogP contribution >= 0.6 is 0 Å². The van der Waals surface area contributed by atoms with Gasteiger partial charge < -0.3 is 36.4 Å². The number of rotatable bonds is 16. The van der Waals surface area contributed by atoms with E-state index in [2.05, 4.69) is 42.0 Å². The second-order valence-electron chi connectivity index (χ2n) is 18.0. The fraction of sp³-hybridized carbons (Fsp3) is 0.682. The summed E-state index contributed by atoms with van der Waals surface area (Å²) in [6.07, 6.45) is 15.0. The zero-order chi connectivity index (χ0) is 38.5. The summed E-state index contributed by atoms with van der Waals surface area (Å²) in [6.45, 7) is 8.65. The molecule has 6 unspecified atom stereocenters. The molecular formula is C44H67BN4O5. The van der Waals surface area contributed by atoms with Gasteiger partial charge in [0.25, 0.3) is 0 Å². The summed E-state index contributed by atoms with van der Waals surface area (Å²) < 4.78 is 0. The van der Waals surface area contributed by atoms with Crippen molar-refractivity contribution in [2.24, 2.45) is 46.3 Å². The average Bonchev–Trinajstić information content (AvgIpc) is 3.52. The number of unbranched alkanes of at least 4 members (excludes halogenated alkanes) is 1. The molecule has 10 atom stereocenters. The maximum atomic E-state index is 13.0. The molecule has 0 saturated heterocycles. The summed E-state index contributed by atoms with van der Waals surface area (Å²) >= 11 is 0. The van der Waals surface area contributed by atoms with Crippen LogP contribution in [0.2, 0.25) is 0 Å². The van der Waals surface area contributed by atoms with Gasteiger partial charge in [0.05, 0.1) is 12.1 Å². The van der Waals surface area contributed by atoms with Crippen molar-refractivity contribution >= 4 is 35.8 Å². The van der Waals surface area contributed by atoms with Gasteiger partial charge in [0.15, 0.2) is 0 Å². The molecular weight excluding hydrogens is 675 g/mol. The first-order chi connectivity index (χ1) is 25.9. The van der Waals surface area contributed by atoms with Gasteiger partial charge >= 0.3 is 7.12 Å². The molecule has 0 spiro atoms. The van der Waals surface area contributed by atoms with E-state index >= 15 is 0 Å². The zero-order valence-corrected chi connectivity index (χ0v) is 33.3. The maximum absolute atomic E-state index is 13.0. The number of hydrogen-bond acceptors (Lipinski definition) is 7. The molecule has 2 aromatic carbocycles. The van der Waals surface area contributed by atoms with Gasteiger partial charge in [-0.15, -0.1) is 0 Å². The van der Waals surface area contributed by atoms with Crippen LogP contribution in [0.5, 0.6) is 0 Å². The molecule has 4 aliphatic rings. The molecule has 7 N–H and O–H groups in total. The molecule has 0 heterocycles. The van der Waals surface area contributed by atoms with E-state index in [1.165, 1.54) is 44.9 Å². The van der Waals surface area contributed by atoms with Crippen LogP contribution in [0.3, 0.4) is 0 Å². The van der Waals surface area contributed by atoms with Gasteiger partial charge in [0.2, 0.25) is 11.8 Å². The Labute approximate surface area is 324 Å². The predicted molar refractivity (Wildman–Crippen MR) is 218 cm³/mol.